The number of halogens is 1. The van der Waals surface area contributed by atoms with Crippen molar-refractivity contribution in [3.05, 3.63) is 16.5 Å². The summed E-state index contributed by atoms with van der Waals surface area (Å²) in [5.74, 6) is 2.49. The third-order valence-electron chi connectivity index (χ3n) is 3.48. The summed E-state index contributed by atoms with van der Waals surface area (Å²) in [5, 5.41) is 9.77. The lowest BCUT2D eigenvalue weighted by atomic mass is 10.0. The quantitative estimate of drug-likeness (QED) is 0.908. The number of anilines is 1. The van der Waals surface area contributed by atoms with Crippen LogP contribution in [0.4, 0.5) is 5.82 Å². The van der Waals surface area contributed by atoms with Crippen molar-refractivity contribution in [1.29, 1.82) is 0 Å². The van der Waals surface area contributed by atoms with Crippen molar-refractivity contribution in [2.45, 2.75) is 31.6 Å². The van der Waals surface area contributed by atoms with Gasteiger partial charge in [-0.05, 0) is 28.8 Å². The molecule has 1 fully saturated rings. The van der Waals surface area contributed by atoms with Crippen LogP contribution in [0, 0.1) is 0 Å². The van der Waals surface area contributed by atoms with Gasteiger partial charge >= 0.3 is 0 Å². The molecule has 0 radical (unpaired) electrons. The van der Waals surface area contributed by atoms with Crippen molar-refractivity contribution in [2.24, 2.45) is 0 Å². The monoisotopic (exact) mass is 322 g/mol. The molecular formula is C12H15BrN6. The highest BCUT2D eigenvalue weighted by molar-refractivity contribution is 9.10. The van der Waals surface area contributed by atoms with Crippen LogP contribution in [-0.2, 0) is 0 Å². The molecule has 2 heterocycles. The van der Waals surface area contributed by atoms with Gasteiger partial charge in [-0.25, -0.2) is 15.0 Å². The molecule has 100 valence electrons. The van der Waals surface area contributed by atoms with Crippen molar-refractivity contribution >= 4 is 21.7 Å². The molecule has 0 amide bonds. The summed E-state index contributed by atoms with van der Waals surface area (Å²) in [7, 11) is 1.86. The third-order valence-corrected chi connectivity index (χ3v) is 4.26. The minimum Gasteiger partial charge on any atom is -0.372 e. The Balaban J connectivity index is 2.09. The van der Waals surface area contributed by atoms with Gasteiger partial charge < -0.3 is 5.32 Å². The minimum atomic E-state index is 0.506. The topological polar surface area (TPSA) is 79.4 Å². The normalized spacial score (nSPS) is 15.9. The van der Waals surface area contributed by atoms with Gasteiger partial charge in [0.25, 0.3) is 0 Å². The van der Waals surface area contributed by atoms with Crippen LogP contribution < -0.4 is 5.32 Å². The molecule has 7 heteroatoms. The molecule has 0 spiro atoms. The van der Waals surface area contributed by atoms with Gasteiger partial charge in [0, 0.05) is 13.0 Å². The van der Waals surface area contributed by atoms with E-state index in [1.165, 1.54) is 32.0 Å². The molecule has 1 saturated carbocycles. The average Bonchev–Trinajstić information content (AvgIpc) is 3.12. The van der Waals surface area contributed by atoms with Gasteiger partial charge in [-0.1, -0.05) is 12.8 Å². The van der Waals surface area contributed by atoms with E-state index in [0.717, 1.165) is 16.0 Å². The molecule has 0 aromatic carbocycles. The van der Waals surface area contributed by atoms with Crippen LogP contribution in [0.2, 0.25) is 0 Å². The highest BCUT2D eigenvalue weighted by Gasteiger charge is 2.24. The van der Waals surface area contributed by atoms with E-state index in [1.807, 2.05) is 7.05 Å². The fourth-order valence-corrected chi connectivity index (χ4v) is 3.22. The molecule has 1 aliphatic carbocycles. The molecule has 3 rings (SSSR count). The molecule has 0 atom stereocenters. The van der Waals surface area contributed by atoms with E-state index in [4.69, 9.17) is 0 Å². The molecule has 0 bridgehead atoms. The van der Waals surface area contributed by atoms with Crippen LogP contribution in [0.25, 0.3) is 11.6 Å². The van der Waals surface area contributed by atoms with Crippen LogP contribution in [0.1, 0.15) is 37.3 Å². The first-order valence-electron chi connectivity index (χ1n) is 6.40. The maximum absolute atomic E-state index is 4.67. The number of aromatic nitrogens is 5. The van der Waals surface area contributed by atoms with E-state index in [-0.39, 0.29) is 0 Å². The Morgan fingerprint density at radius 3 is 2.74 bits per heavy atom. The van der Waals surface area contributed by atoms with Gasteiger partial charge in [-0.3, -0.25) is 5.10 Å². The zero-order valence-corrected chi connectivity index (χ0v) is 12.2. The van der Waals surface area contributed by atoms with E-state index in [0.29, 0.717) is 17.6 Å². The summed E-state index contributed by atoms with van der Waals surface area (Å²) in [4.78, 5) is 13.3. The predicted octanol–water partition coefficient (Wildman–Crippen LogP) is 2.72. The van der Waals surface area contributed by atoms with Crippen molar-refractivity contribution in [1.82, 2.24) is 25.1 Å². The van der Waals surface area contributed by atoms with Crippen LogP contribution in [0.3, 0.4) is 0 Å². The summed E-state index contributed by atoms with van der Waals surface area (Å²) in [5.41, 5.74) is 1.07. The van der Waals surface area contributed by atoms with Gasteiger partial charge in [0.15, 0.2) is 11.6 Å². The second kappa shape index (κ2) is 5.24. The molecule has 1 aliphatic rings. The summed E-state index contributed by atoms with van der Waals surface area (Å²) >= 11 is 3.62. The van der Waals surface area contributed by atoms with Crippen molar-refractivity contribution in [3.63, 3.8) is 0 Å². The summed E-state index contributed by atoms with van der Waals surface area (Å²) < 4.78 is 0.963. The Kier molecular flexibility index (Phi) is 3.46. The first-order valence-corrected chi connectivity index (χ1v) is 7.20. The highest BCUT2D eigenvalue weighted by Crippen LogP contribution is 2.39. The molecule has 2 N–H and O–H groups in total. The Labute approximate surface area is 119 Å². The molecule has 19 heavy (non-hydrogen) atoms. The van der Waals surface area contributed by atoms with Crippen molar-refractivity contribution in [2.75, 3.05) is 12.4 Å². The number of hydrogen-bond acceptors (Lipinski definition) is 5. The Hall–Kier alpha value is -1.50. The fraction of sp³-hybridized carbons (Fsp3) is 0.500. The maximum Gasteiger partial charge on any atom is 0.199 e. The Morgan fingerprint density at radius 1 is 1.32 bits per heavy atom. The third kappa shape index (κ3) is 2.34. The maximum atomic E-state index is 4.67. The van der Waals surface area contributed by atoms with E-state index in [1.54, 1.807) is 0 Å². The molecule has 0 unspecified atom stereocenters. The first-order chi connectivity index (χ1) is 9.29. The minimum absolute atomic E-state index is 0.506. The number of aromatic amines is 1. The number of nitrogens with zero attached hydrogens (tertiary/aromatic N) is 4. The Bertz CT molecular complexity index is 562. The standard InChI is InChI=1S/C12H15BrN6/c1-14-10-8(13)9(7-4-2-3-5-7)17-12(18-10)11-15-6-16-19-11/h6-7H,2-5H2,1H3,(H,14,17,18)(H,15,16,19). The molecule has 0 aliphatic heterocycles. The molecular weight excluding hydrogens is 308 g/mol. The molecule has 2 aromatic rings. The molecule has 0 saturated heterocycles. The zero-order chi connectivity index (χ0) is 13.2. The second-order valence-corrected chi connectivity index (χ2v) is 5.45. The molecule has 2 aromatic heterocycles. The summed E-state index contributed by atoms with van der Waals surface area (Å²) in [6.45, 7) is 0. The number of nitrogens with one attached hydrogen (secondary N) is 2. The number of H-pyrrole nitrogens is 1. The second-order valence-electron chi connectivity index (χ2n) is 4.66. The summed E-state index contributed by atoms with van der Waals surface area (Å²) in [6.07, 6.45) is 6.39. The van der Waals surface area contributed by atoms with E-state index >= 15 is 0 Å². The fourth-order valence-electron chi connectivity index (χ4n) is 2.52. The van der Waals surface area contributed by atoms with Crippen LogP contribution >= 0.6 is 15.9 Å². The van der Waals surface area contributed by atoms with Crippen molar-refractivity contribution < 1.29 is 0 Å². The SMILES string of the molecule is CNc1nc(-c2ncn[nH]2)nc(C2CCCC2)c1Br. The van der Waals surface area contributed by atoms with E-state index in [2.05, 4.69) is 46.4 Å². The van der Waals surface area contributed by atoms with Gasteiger partial charge in [-0.2, -0.15) is 5.10 Å². The zero-order valence-electron chi connectivity index (χ0n) is 10.6. The van der Waals surface area contributed by atoms with Crippen LogP contribution in [0.15, 0.2) is 10.8 Å². The predicted molar refractivity (Wildman–Crippen MR) is 75.9 cm³/mol. The molecule has 6 nitrogen and oxygen atoms in total. The van der Waals surface area contributed by atoms with Gasteiger partial charge in [0.05, 0.1) is 10.2 Å². The lowest BCUT2D eigenvalue weighted by molar-refractivity contribution is 0.690. The van der Waals surface area contributed by atoms with E-state index in [9.17, 15) is 0 Å². The lowest BCUT2D eigenvalue weighted by Gasteiger charge is -2.14. The average molecular weight is 323 g/mol. The highest BCUT2D eigenvalue weighted by atomic mass is 79.9. The van der Waals surface area contributed by atoms with Gasteiger partial charge in [-0.15, -0.1) is 0 Å². The number of hydrogen-bond donors (Lipinski definition) is 2. The largest absolute Gasteiger partial charge is 0.372 e. The van der Waals surface area contributed by atoms with Gasteiger partial charge in [0.1, 0.15) is 12.1 Å². The van der Waals surface area contributed by atoms with Crippen LogP contribution in [-0.4, -0.2) is 32.2 Å². The Morgan fingerprint density at radius 2 is 2.11 bits per heavy atom. The van der Waals surface area contributed by atoms with Gasteiger partial charge in [0.2, 0.25) is 0 Å². The smallest absolute Gasteiger partial charge is 0.199 e. The summed E-state index contributed by atoms with van der Waals surface area (Å²) in [6, 6.07) is 0. The lowest BCUT2D eigenvalue weighted by Crippen LogP contribution is -2.06. The number of rotatable bonds is 3. The van der Waals surface area contributed by atoms with Crippen molar-refractivity contribution in [3.8, 4) is 11.6 Å². The van der Waals surface area contributed by atoms with E-state index < -0.39 is 0 Å². The first kappa shape index (κ1) is 12.5. The van der Waals surface area contributed by atoms with Crippen LogP contribution in [0.5, 0.6) is 0 Å².